The molecule has 10 heteroatoms. The van der Waals surface area contributed by atoms with E-state index in [2.05, 4.69) is 27.6 Å². The fourth-order valence-corrected chi connectivity index (χ4v) is 5.04. The topological polar surface area (TPSA) is 129 Å². The van der Waals surface area contributed by atoms with Crippen molar-refractivity contribution in [2.24, 2.45) is 7.05 Å². The first kappa shape index (κ1) is 25.7. The van der Waals surface area contributed by atoms with Crippen LogP contribution in [0.4, 0.5) is 5.82 Å². The van der Waals surface area contributed by atoms with E-state index in [0.717, 1.165) is 40.8 Å². The summed E-state index contributed by atoms with van der Waals surface area (Å²) in [5.41, 5.74) is 5.52. The van der Waals surface area contributed by atoms with Gasteiger partial charge in [-0.15, -0.1) is 10.2 Å². The molecule has 4 aromatic rings. The predicted octanol–water partition coefficient (Wildman–Crippen LogP) is 3.41. The molecule has 6 rings (SSSR count). The summed E-state index contributed by atoms with van der Waals surface area (Å²) in [6, 6.07) is 17.2. The molecule has 1 amide bonds. The van der Waals surface area contributed by atoms with Gasteiger partial charge >= 0.3 is 0 Å². The summed E-state index contributed by atoms with van der Waals surface area (Å²) in [5, 5.41) is 30.8. The number of hydrogen-bond donors (Lipinski definition) is 2. The van der Waals surface area contributed by atoms with Crippen molar-refractivity contribution >= 4 is 11.7 Å². The average Bonchev–Trinajstić information content (AvgIpc) is 3.66. The number of nitriles is 1. The number of aryl methyl sites for hydroxylation is 1. The molecular formula is C30H29N7O3. The Hall–Kier alpha value is -4.59. The van der Waals surface area contributed by atoms with Gasteiger partial charge in [-0.05, 0) is 73.0 Å². The third-order valence-electron chi connectivity index (χ3n) is 7.28. The summed E-state index contributed by atoms with van der Waals surface area (Å²) in [6.07, 6.45) is 3.11. The number of nitrogens with zero attached hydrogens (tertiary/aromatic N) is 6. The monoisotopic (exact) mass is 535 g/mol. The number of carbonyl (C=O) groups excluding carboxylic acids is 1. The van der Waals surface area contributed by atoms with Crippen LogP contribution in [0, 0.1) is 11.3 Å². The minimum Gasteiger partial charge on any atom is -0.491 e. The Morgan fingerprint density at radius 3 is 2.73 bits per heavy atom. The fourth-order valence-electron chi connectivity index (χ4n) is 5.04. The number of ether oxygens (including phenoxy) is 1. The number of pyridine rings is 1. The third-order valence-corrected chi connectivity index (χ3v) is 7.28. The number of fused-ring (bicyclic) bond motifs is 1. The molecule has 40 heavy (non-hydrogen) atoms. The van der Waals surface area contributed by atoms with E-state index in [9.17, 15) is 15.2 Å². The summed E-state index contributed by atoms with van der Waals surface area (Å²) >= 11 is 0. The molecule has 202 valence electrons. The first-order valence-corrected chi connectivity index (χ1v) is 13.3. The summed E-state index contributed by atoms with van der Waals surface area (Å²) in [5.74, 6) is 1.99. The highest BCUT2D eigenvalue weighted by Crippen LogP contribution is 2.43. The summed E-state index contributed by atoms with van der Waals surface area (Å²) in [6.45, 7) is 0.950. The Balaban J connectivity index is 1.36. The van der Waals surface area contributed by atoms with Gasteiger partial charge in [0.1, 0.15) is 30.6 Å². The second-order valence-electron chi connectivity index (χ2n) is 10.3. The van der Waals surface area contributed by atoms with Crippen molar-refractivity contribution in [1.82, 2.24) is 25.1 Å². The maximum Gasteiger partial charge on any atom is 0.260 e. The van der Waals surface area contributed by atoms with E-state index >= 15 is 0 Å². The molecule has 1 fully saturated rings. The lowest BCUT2D eigenvalue weighted by molar-refractivity contribution is 0.0994. The molecule has 1 aliphatic heterocycles. The Morgan fingerprint density at radius 2 is 2.00 bits per heavy atom. The number of carbonyl (C=O) groups is 1. The molecule has 1 atom stereocenters. The van der Waals surface area contributed by atoms with Gasteiger partial charge in [-0.2, -0.15) is 5.26 Å². The van der Waals surface area contributed by atoms with Crippen LogP contribution in [0.3, 0.4) is 0 Å². The third kappa shape index (κ3) is 4.93. The number of benzene rings is 2. The van der Waals surface area contributed by atoms with Gasteiger partial charge in [0.25, 0.3) is 5.91 Å². The van der Waals surface area contributed by atoms with Crippen molar-refractivity contribution in [2.45, 2.75) is 31.4 Å². The van der Waals surface area contributed by atoms with Crippen LogP contribution in [-0.4, -0.2) is 57.1 Å². The largest absolute Gasteiger partial charge is 0.491 e. The Bertz CT molecular complexity index is 1640. The summed E-state index contributed by atoms with van der Waals surface area (Å²) in [7, 11) is 3.63. The first-order chi connectivity index (χ1) is 19.4. The van der Waals surface area contributed by atoms with E-state index in [0.29, 0.717) is 47.5 Å². The molecule has 0 spiro atoms. The van der Waals surface area contributed by atoms with E-state index in [1.54, 1.807) is 30.4 Å². The number of amides is 1. The Labute approximate surface area is 231 Å². The van der Waals surface area contributed by atoms with Crippen molar-refractivity contribution in [2.75, 3.05) is 25.1 Å². The molecular weight excluding hydrogens is 506 g/mol. The van der Waals surface area contributed by atoms with Crippen molar-refractivity contribution in [3.63, 3.8) is 0 Å². The molecule has 10 nitrogen and oxygen atoms in total. The van der Waals surface area contributed by atoms with Crippen molar-refractivity contribution in [1.29, 1.82) is 5.26 Å². The van der Waals surface area contributed by atoms with Gasteiger partial charge in [0.15, 0.2) is 5.82 Å². The number of anilines is 1. The molecule has 0 radical (unpaired) electrons. The highest BCUT2D eigenvalue weighted by molar-refractivity contribution is 6.10. The number of aliphatic hydroxyl groups excluding tert-OH is 1. The second-order valence-corrected chi connectivity index (χ2v) is 10.3. The van der Waals surface area contributed by atoms with Crippen molar-refractivity contribution < 1.29 is 14.6 Å². The zero-order valence-electron chi connectivity index (χ0n) is 22.3. The number of rotatable bonds is 9. The lowest BCUT2D eigenvalue weighted by atomic mass is 9.96. The summed E-state index contributed by atoms with van der Waals surface area (Å²) < 4.78 is 7.56. The first-order valence-electron chi connectivity index (χ1n) is 13.3. The molecule has 2 aromatic heterocycles. The SMILES string of the molecule is CNCC(O)COc1ccc2c(c1)C(=O)N(c1cc(-c3ccc(C#N)cc3-c3nncn3C)cc(C3CC3)n1)C2. The van der Waals surface area contributed by atoms with Gasteiger partial charge in [0.2, 0.25) is 0 Å². The van der Waals surface area contributed by atoms with E-state index in [1.807, 2.05) is 41.9 Å². The van der Waals surface area contributed by atoms with Crippen LogP contribution in [0.1, 0.15) is 45.9 Å². The van der Waals surface area contributed by atoms with Crippen LogP contribution in [0.25, 0.3) is 22.5 Å². The minimum absolute atomic E-state index is 0.129. The number of nitrogens with one attached hydrogen (secondary N) is 1. The highest BCUT2D eigenvalue weighted by atomic mass is 16.5. The van der Waals surface area contributed by atoms with Crippen LogP contribution in [-0.2, 0) is 13.6 Å². The zero-order chi connectivity index (χ0) is 27.8. The highest BCUT2D eigenvalue weighted by Gasteiger charge is 2.32. The number of likely N-dealkylation sites (N-methyl/N-ethyl adjacent to an activating group) is 1. The molecule has 2 N–H and O–H groups in total. The van der Waals surface area contributed by atoms with Gasteiger partial charge in [-0.25, -0.2) is 4.98 Å². The molecule has 1 aliphatic carbocycles. The van der Waals surface area contributed by atoms with Crippen LogP contribution in [0.2, 0.25) is 0 Å². The molecule has 1 unspecified atom stereocenters. The van der Waals surface area contributed by atoms with Gasteiger partial charge in [0, 0.05) is 36.3 Å². The van der Waals surface area contributed by atoms with Crippen LogP contribution in [0.15, 0.2) is 54.9 Å². The predicted molar refractivity (Wildman–Crippen MR) is 149 cm³/mol. The lowest BCUT2D eigenvalue weighted by Crippen LogP contribution is -2.29. The second kappa shape index (κ2) is 10.5. The number of hydrogen-bond acceptors (Lipinski definition) is 8. The van der Waals surface area contributed by atoms with Crippen LogP contribution in [0.5, 0.6) is 5.75 Å². The molecule has 3 heterocycles. The molecule has 0 saturated heterocycles. The van der Waals surface area contributed by atoms with Gasteiger partial charge in [0.05, 0.1) is 18.2 Å². The maximum atomic E-state index is 13.6. The normalized spacial score (nSPS) is 15.2. The Morgan fingerprint density at radius 1 is 1.15 bits per heavy atom. The van der Waals surface area contributed by atoms with Crippen molar-refractivity contribution in [3.8, 4) is 34.3 Å². The quantitative estimate of drug-likeness (QED) is 0.334. The van der Waals surface area contributed by atoms with Crippen molar-refractivity contribution in [3.05, 3.63) is 77.2 Å². The van der Waals surface area contributed by atoms with E-state index in [4.69, 9.17) is 9.72 Å². The van der Waals surface area contributed by atoms with Gasteiger partial charge in [-0.1, -0.05) is 12.1 Å². The van der Waals surface area contributed by atoms with E-state index in [-0.39, 0.29) is 12.5 Å². The fraction of sp³-hybridized carbons (Fsp3) is 0.300. The average molecular weight is 536 g/mol. The minimum atomic E-state index is -0.646. The molecule has 0 bridgehead atoms. The van der Waals surface area contributed by atoms with Gasteiger partial charge in [-0.3, -0.25) is 9.69 Å². The zero-order valence-corrected chi connectivity index (χ0v) is 22.3. The number of aromatic nitrogens is 4. The van der Waals surface area contributed by atoms with E-state index in [1.165, 1.54) is 0 Å². The van der Waals surface area contributed by atoms with Crippen LogP contribution < -0.4 is 15.0 Å². The molecule has 2 aromatic carbocycles. The smallest absolute Gasteiger partial charge is 0.260 e. The molecule has 2 aliphatic rings. The molecule has 1 saturated carbocycles. The van der Waals surface area contributed by atoms with Gasteiger partial charge < -0.3 is 19.7 Å². The Kier molecular flexibility index (Phi) is 6.76. The summed E-state index contributed by atoms with van der Waals surface area (Å²) in [4.78, 5) is 20.3. The standard InChI is InChI=1S/C30H29N7O3/c1-32-14-22(38)16-40-23-7-6-20-15-37(30(39)25(20)12-23)28-11-21(10-27(34-28)19-4-5-19)24-8-3-18(13-31)9-26(24)29-35-33-17-36(29)2/h3,6-12,17,19,22,32,38H,4-5,14-16H2,1-2H3. The van der Waals surface area contributed by atoms with E-state index < -0.39 is 6.10 Å². The maximum absolute atomic E-state index is 13.6. The number of aliphatic hydroxyl groups is 1. The lowest BCUT2D eigenvalue weighted by Gasteiger charge is -2.18. The van der Waals surface area contributed by atoms with Crippen LogP contribution >= 0.6 is 0 Å².